The van der Waals surface area contributed by atoms with Crippen molar-refractivity contribution in [3.05, 3.63) is 96.2 Å². The minimum atomic E-state index is -0.328. The van der Waals surface area contributed by atoms with Gasteiger partial charge < -0.3 is 14.4 Å². The Bertz CT molecular complexity index is 1240. The molecule has 0 saturated carbocycles. The van der Waals surface area contributed by atoms with Gasteiger partial charge in [-0.05, 0) is 43.3 Å². The second-order valence-electron chi connectivity index (χ2n) is 7.85. The Labute approximate surface area is 191 Å². The maximum Gasteiger partial charge on any atom is 0.254 e. The minimum Gasteiger partial charge on any atom is -0.439 e. The van der Waals surface area contributed by atoms with Crippen molar-refractivity contribution in [2.75, 3.05) is 19.7 Å². The summed E-state index contributed by atoms with van der Waals surface area (Å²) in [4.78, 5) is 19.6. The van der Waals surface area contributed by atoms with E-state index in [9.17, 15) is 4.79 Å². The van der Waals surface area contributed by atoms with Gasteiger partial charge in [-0.2, -0.15) is 0 Å². The van der Waals surface area contributed by atoms with E-state index >= 15 is 0 Å². The van der Waals surface area contributed by atoms with Crippen LogP contribution in [0.15, 0.2) is 79.4 Å². The summed E-state index contributed by atoms with van der Waals surface area (Å²) in [6.07, 6.45) is 2.88. The molecule has 166 valence electrons. The summed E-state index contributed by atoms with van der Waals surface area (Å²) in [5, 5.41) is 7.66. The van der Waals surface area contributed by atoms with E-state index in [4.69, 9.17) is 9.47 Å². The van der Waals surface area contributed by atoms with E-state index in [0.29, 0.717) is 31.1 Å². The lowest BCUT2D eigenvalue weighted by molar-refractivity contribution is -0.0248. The first-order valence-electron chi connectivity index (χ1n) is 10.7. The predicted octanol–water partition coefficient (Wildman–Crippen LogP) is 3.98. The molecule has 0 unspecified atom stereocenters. The summed E-state index contributed by atoms with van der Waals surface area (Å²) in [7, 11) is 0. The lowest BCUT2D eigenvalue weighted by Crippen LogP contribution is -2.42. The molecule has 1 fully saturated rings. The number of aromatic nitrogens is 4. The van der Waals surface area contributed by atoms with Gasteiger partial charge in [0.25, 0.3) is 5.91 Å². The van der Waals surface area contributed by atoms with E-state index in [2.05, 4.69) is 15.2 Å². The van der Waals surface area contributed by atoms with Crippen LogP contribution in [0.25, 0.3) is 5.69 Å². The van der Waals surface area contributed by atoms with Crippen LogP contribution < -0.4 is 4.74 Å². The second kappa shape index (κ2) is 9.22. The van der Waals surface area contributed by atoms with Crippen LogP contribution in [0.3, 0.4) is 0 Å². The Morgan fingerprint density at radius 2 is 1.82 bits per heavy atom. The Morgan fingerprint density at radius 1 is 1.03 bits per heavy atom. The highest BCUT2D eigenvalue weighted by molar-refractivity contribution is 5.94. The number of rotatable bonds is 5. The average Bonchev–Trinajstić information content (AvgIpc) is 3.41. The van der Waals surface area contributed by atoms with Crippen LogP contribution >= 0.6 is 0 Å². The summed E-state index contributed by atoms with van der Waals surface area (Å²) >= 11 is 0. The van der Waals surface area contributed by atoms with E-state index in [0.717, 1.165) is 22.7 Å². The van der Waals surface area contributed by atoms with Crippen LogP contribution in [0.4, 0.5) is 0 Å². The third-order valence-electron chi connectivity index (χ3n) is 5.48. The van der Waals surface area contributed by atoms with E-state index in [1.165, 1.54) is 0 Å². The van der Waals surface area contributed by atoms with Gasteiger partial charge in [0.1, 0.15) is 24.5 Å². The lowest BCUT2D eigenvalue weighted by Gasteiger charge is -2.33. The highest BCUT2D eigenvalue weighted by Gasteiger charge is 2.27. The number of hydrogen-bond acceptors (Lipinski definition) is 6. The molecule has 2 aromatic heterocycles. The van der Waals surface area contributed by atoms with Gasteiger partial charge in [0, 0.05) is 23.9 Å². The summed E-state index contributed by atoms with van der Waals surface area (Å²) in [5.74, 6) is 1.16. The normalized spacial score (nSPS) is 15.9. The van der Waals surface area contributed by atoms with Gasteiger partial charge in [0.2, 0.25) is 5.88 Å². The van der Waals surface area contributed by atoms with Gasteiger partial charge in [0.05, 0.1) is 18.8 Å². The molecule has 1 aliphatic heterocycles. The number of carbonyl (C=O) groups is 1. The summed E-state index contributed by atoms with van der Waals surface area (Å²) in [6, 6.07) is 20.8. The molecular formula is C25H23N5O3. The third-order valence-corrected chi connectivity index (χ3v) is 5.48. The SMILES string of the molecule is Cc1ccc(Oc2cccc([C@H]3CN(C(=O)c4cccc(-n5cnnc5)c4)CCO3)n2)cc1. The number of aryl methyl sites for hydroxylation is 1. The monoisotopic (exact) mass is 441 g/mol. The molecule has 1 aliphatic rings. The van der Waals surface area contributed by atoms with Crippen LogP contribution in [0, 0.1) is 6.92 Å². The molecular weight excluding hydrogens is 418 g/mol. The van der Waals surface area contributed by atoms with E-state index in [-0.39, 0.29) is 12.0 Å². The molecule has 33 heavy (non-hydrogen) atoms. The van der Waals surface area contributed by atoms with Crippen molar-refractivity contribution in [2.24, 2.45) is 0 Å². The lowest BCUT2D eigenvalue weighted by atomic mass is 10.1. The zero-order valence-corrected chi connectivity index (χ0v) is 18.2. The average molecular weight is 441 g/mol. The number of ether oxygens (including phenoxy) is 2. The zero-order chi connectivity index (χ0) is 22.6. The van der Waals surface area contributed by atoms with Crippen molar-refractivity contribution in [3.63, 3.8) is 0 Å². The summed E-state index contributed by atoms with van der Waals surface area (Å²) in [6.45, 7) is 3.40. The van der Waals surface area contributed by atoms with Crippen LogP contribution in [0.5, 0.6) is 11.6 Å². The van der Waals surface area contributed by atoms with E-state index in [1.807, 2.05) is 73.7 Å². The van der Waals surface area contributed by atoms with Gasteiger partial charge >= 0.3 is 0 Å². The summed E-state index contributed by atoms with van der Waals surface area (Å²) < 4.78 is 13.6. The van der Waals surface area contributed by atoms with Gasteiger partial charge in [-0.3, -0.25) is 9.36 Å². The number of benzene rings is 2. The highest BCUT2D eigenvalue weighted by atomic mass is 16.5. The van der Waals surface area contributed by atoms with Crippen molar-refractivity contribution in [1.82, 2.24) is 24.6 Å². The van der Waals surface area contributed by atoms with Crippen molar-refractivity contribution in [2.45, 2.75) is 13.0 Å². The fraction of sp³-hybridized carbons (Fsp3) is 0.200. The van der Waals surface area contributed by atoms with E-state index < -0.39 is 0 Å². The molecule has 1 saturated heterocycles. The third kappa shape index (κ3) is 4.75. The first-order valence-corrected chi connectivity index (χ1v) is 10.7. The van der Waals surface area contributed by atoms with Crippen LogP contribution in [0.2, 0.25) is 0 Å². The first kappa shape index (κ1) is 20.8. The molecule has 5 rings (SSSR count). The highest BCUT2D eigenvalue weighted by Crippen LogP contribution is 2.26. The molecule has 0 spiro atoms. The molecule has 0 aliphatic carbocycles. The molecule has 2 aromatic carbocycles. The molecule has 1 atom stereocenters. The molecule has 3 heterocycles. The zero-order valence-electron chi connectivity index (χ0n) is 18.2. The standard InChI is InChI=1S/C25H23N5O3/c1-18-8-10-21(11-9-18)33-24-7-3-6-22(28-24)23-15-29(12-13-32-23)25(31)19-4-2-5-20(14-19)30-16-26-27-17-30/h2-11,14,16-17,23H,12-13,15H2,1H3/t23-/m1/s1. The van der Waals surface area contributed by atoms with Crippen molar-refractivity contribution < 1.29 is 14.3 Å². The molecule has 0 radical (unpaired) electrons. The van der Waals surface area contributed by atoms with Gasteiger partial charge in [-0.1, -0.05) is 29.8 Å². The molecule has 8 nitrogen and oxygen atoms in total. The van der Waals surface area contributed by atoms with Crippen LogP contribution in [-0.4, -0.2) is 50.3 Å². The molecule has 0 bridgehead atoms. The maximum atomic E-state index is 13.2. The number of hydrogen-bond donors (Lipinski definition) is 0. The van der Waals surface area contributed by atoms with Crippen LogP contribution in [0.1, 0.15) is 27.7 Å². The molecule has 8 heteroatoms. The maximum absolute atomic E-state index is 13.2. The van der Waals surface area contributed by atoms with Crippen LogP contribution in [-0.2, 0) is 4.74 Å². The number of morpholine rings is 1. The fourth-order valence-electron chi connectivity index (χ4n) is 3.72. The topological polar surface area (TPSA) is 82.4 Å². The Morgan fingerprint density at radius 3 is 2.64 bits per heavy atom. The van der Waals surface area contributed by atoms with Crippen molar-refractivity contribution >= 4 is 5.91 Å². The van der Waals surface area contributed by atoms with Gasteiger partial charge in [-0.15, -0.1) is 10.2 Å². The van der Waals surface area contributed by atoms with Crippen molar-refractivity contribution in [3.8, 4) is 17.3 Å². The number of amides is 1. The quantitative estimate of drug-likeness (QED) is 0.466. The van der Waals surface area contributed by atoms with E-state index in [1.54, 1.807) is 22.1 Å². The minimum absolute atomic E-state index is 0.0507. The Balaban J connectivity index is 1.30. The molecule has 4 aromatic rings. The number of nitrogens with zero attached hydrogens (tertiary/aromatic N) is 5. The second-order valence-corrected chi connectivity index (χ2v) is 7.85. The van der Waals surface area contributed by atoms with Gasteiger partial charge in [0.15, 0.2) is 0 Å². The predicted molar refractivity (Wildman–Crippen MR) is 121 cm³/mol. The Hall–Kier alpha value is -4.04. The fourth-order valence-corrected chi connectivity index (χ4v) is 3.72. The van der Waals surface area contributed by atoms with Gasteiger partial charge in [-0.25, -0.2) is 4.98 Å². The first-order chi connectivity index (χ1) is 16.2. The largest absolute Gasteiger partial charge is 0.439 e. The number of carbonyl (C=O) groups excluding carboxylic acids is 1. The van der Waals surface area contributed by atoms with Crippen molar-refractivity contribution in [1.29, 1.82) is 0 Å². The molecule has 0 N–H and O–H groups in total. The Kier molecular flexibility index (Phi) is 5.82. The number of pyridine rings is 1. The summed E-state index contributed by atoms with van der Waals surface area (Å²) in [5.41, 5.74) is 3.33. The smallest absolute Gasteiger partial charge is 0.254 e. The molecule has 1 amide bonds.